The zero-order valence-corrected chi connectivity index (χ0v) is 12.6. The average Bonchev–Trinajstić information content (AvgIpc) is 2.47. The molecule has 1 aromatic carbocycles. The zero-order valence-electron chi connectivity index (χ0n) is 12.6. The molecule has 1 atom stereocenters. The Morgan fingerprint density at radius 2 is 2.00 bits per heavy atom. The minimum atomic E-state index is -0.639. The van der Waals surface area contributed by atoms with E-state index >= 15 is 0 Å². The van der Waals surface area contributed by atoms with Gasteiger partial charge in [0.25, 0.3) is 0 Å². The van der Waals surface area contributed by atoms with Gasteiger partial charge in [0.05, 0.1) is 13.0 Å². The third-order valence-electron chi connectivity index (χ3n) is 3.11. The van der Waals surface area contributed by atoms with Gasteiger partial charge in [-0.15, -0.1) is 0 Å². The van der Waals surface area contributed by atoms with Gasteiger partial charge in [-0.3, -0.25) is 4.79 Å². The highest BCUT2D eigenvalue weighted by atomic mass is 16.5. The lowest BCUT2D eigenvalue weighted by molar-refractivity contribution is -0.148. The second-order valence-corrected chi connectivity index (χ2v) is 4.85. The lowest BCUT2D eigenvalue weighted by Crippen LogP contribution is -2.42. The van der Waals surface area contributed by atoms with Crippen molar-refractivity contribution >= 4 is 11.9 Å². The summed E-state index contributed by atoms with van der Waals surface area (Å²) in [5.74, 6) is -0.640. The van der Waals surface area contributed by atoms with Gasteiger partial charge in [-0.25, -0.2) is 4.79 Å². The summed E-state index contributed by atoms with van der Waals surface area (Å²) >= 11 is 0. The Labute approximate surface area is 125 Å². The molecule has 5 heteroatoms. The van der Waals surface area contributed by atoms with Gasteiger partial charge in [0.1, 0.15) is 11.8 Å². The molecule has 1 rings (SSSR count). The van der Waals surface area contributed by atoms with Crippen molar-refractivity contribution in [1.82, 2.24) is 5.32 Å². The van der Waals surface area contributed by atoms with Crippen molar-refractivity contribution in [1.29, 1.82) is 0 Å². The second kappa shape index (κ2) is 9.00. The molecule has 0 saturated heterocycles. The summed E-state index contributed by atoms with van der Waals surface area (Å²) in [6.45, 7) is 4.20. The molecule has 0 saturated carbocycles. The van der Waals surface area contributed by atoms with Crippen LogP contribution in [0.1, 0.15) is 38.7 Å². The molecule has 0 spiro atoms. The highest BCUT2D eigenvalue weighted by molar-refractivity contribution is 5.85. The van der Waals surface area contributed by atoms with E-state index in [0.717, 1.165) is 12.8 Å². The van der Waals surface area contributed by atoms with Crippen LogP contribution >= 0.6 is 0 Å². The Morgan fingerprint density at radius 1 is 1.29 bits per heavy atom. The first-order chi connectivity index (χ1) is 10.1. The van der Waals surface area contributed by atoms with Crippen LogP contribution < -0.4 is 5.32 Å². The molecule has 1 amide bonds. The number of hydrogen-bond donors (Lipinski definition) is 2. The number of amides is 1. The Kier molecular flexibility index (Phi) is 7.29. The van der Waals surface area contributed by atoms with Crippen LogP contribution in [0.2, 0.25) is 0 Å². The summed E-state index contributed by atoms with van der Waals surface area (Å²) in [5.41, 5.74) is 0.532. The number of nitrogens with one attached hydrogen (secondary N) is 1. The molecule has 0 aliphatic heterocycles. The number of phenolic OH excluding ortho intramolecular Hbond substituents is 1. The van der Waals surface area contributed by atoms with Gasteiger partial charge in [-0.2, -0.15) is 0 Å². The number of ether oxygens (including phenoxy) is 1. The molecule has 116 valence electrons. The predicted molar refractivity (Wildman–Crippen MR) is 79.9 cm³/mol. The lowest BCUT2D eigenvalue weighted by Gasteiger charge is -2.16. The van der Waals surface area contributed by atoms with Crippen molar-refractivity contribution < 1.29 is 19.4 Å². The normalized spacial score (nSPS) is 11.7. The Hall–Kier alpha value is -2.04. The molecule has 0 radical (unpaired) electrons. The Bertz CT molecular complexity index is 473. The number of phenols is 1. The highest BCUT2D eigenvalue weighted by Crippen LogP contribution is 2.16. The summed E-state index contributed by atoms with van der Waals surface area (Å²) in [5, 5.41) is 12.3. The summed E-state index contributed by atoms with van der Waals surface area (Å²) in [4.78, 5) is 23.8. The third kappa shape index (κ3) is 5.85. The SMILES string of the molecule is CCCCOC(=O)C(CC)NC(=O)Cc1ccccc1O. The molecule has 0 heterocycles. The quantitative estimate of drug-likeness (QED) is 0.569. The fourth-order valence-corrected chi connectivity index (χ4v) is 1.82. The summed E-state index contributed by atoms with van der Waals surface area (Å²) in [7, 11) is 0. The van der Waals surface area contributed by atoms with Crippen LogP contribution in [0.15, 0.2) is 24.3 Å². The molecule has 21 heavy (non-hydrogen) atoms. The Balaban J connectivity index is 2.51. The van der Waals surface area contributed by atoms with Crippen LogP contribution in [0, 0.1) is 0 Å². The number of benzene rings is 1. The van der Waals surface area contributed by atoms with Crippen LogP contribution in [0.5, 0.6) is 5.75 Å². The van der Waals surface area contributed by atoms with Crippen molar-refractivity contribution in [3.8, 4) is 5.75 Å². The molecule has 0 aliphatic rings. The standard InChI is InChI=1S/C16H23NO4/c1-3-5-10-21-16(20)13(4-2)17-15(19)11-12-8-6-7-9-14(12)18/h6-9,13,18H,3-5,10-11H2,1-2H3,(H,17,19). The van der Waals surface area contributed by atoms with Crippen molar-refractivity contribution in [3.05, 3.63) is 29.8 Å². The number of hydrogen-bond acceptors (Lipinski definition) is 4. The van der Waals surface area contributed by atoms with E-state index in [1.54, 1.807) is 18.2 Å². The monoisotopic (exact) mass is 293 g/mol. The summed E-state index contributed by atoms with van der Waals surface area (Å²) < 4.78 is 5.11. The molecule has 1 unspecified atom stereocenters. The first kappa shape index (κ1) is 17.0. The summed E-state index contributed by atoms with van der Waals surface area (Å²) in [6, 6.07) is 6.00. The highest BCUT2D eigenvalue weighted by Gasteiger charge is 2.20. The number of unbranched alkanes of at least 4 members (excludes halogenated alkanes) is 1. The largest absolute Gasteiger partial charge is 0.508 e. The molecule has 0 fully saturated rings. The van der Waals surface area contributed by atoms with E-state index in [1.165, 1.54) is 6.07 Å². The first-order valence-electron chi connectivity index (χ1n) is 7.31. The summed E-state index contributed by atoms with van der Waals surface area (Å²) in [6.07, 6.45) is 2.26. The van der Waals surface area contributed by atoms with E-state index in [9.17, 15) is 14.7 Å². The molecule has 0 aromatic heterocycles. The van der Waals surface area contributed by atoms with Crippen LogP contribution in [-0.2, 0) is 20.7 Å². The maximum atomic E-state index is 11.9. The maximum Gasteiger partial charge on any atom is 0.328 e. The molecular weight excluding hydrogens is 270 g/mol. The average molecular weight is 293 g/mol. The number of esters is 1. The molecule has 2 N–H and O–H groups in total. The van der Waals surface area contributed by atoms with Gasteiger partial charge in [0, 0.05) is 5.56 Å². The van der Waals surface area contributed by atoms with E-state index in [0.29, 0.717) is 18.6 Å². The van der Waals surface area contributed by atoms with Crippen molar-refractivity contribution in [2.24, 2.45) is 0 Å². The molecule has 5 nitrogen and oxygen atoms in total. The van der Waals surface area contributed by atoms with Gasteiger partial charge in [0.15, 0.2) is 0 Å². The molecule has 1 aromatic rings. The minimum absolute atomic E-state index is 0.0331. The van der Waals surface area contributed by atoms with Crippen LogP contribution in [0.4, 0.5) is 0 Å². The second-order valence-electron chi connectivity index (χ2n) is 4.85. The molecule has 0 bridgehead atoms. The number of carbonyl (C=O) groups is 2. The minimum Gasteiger partial charge on any atom is -0.508 e. The smallest absolute Gasteiger partial charge is 0.328 e. The van der Waals surface area contributed by atoms with Crippen molar-refractivity contribution in [3.63, 3.8) is 0 Å². The van der Waals surface area contributed by atoms with Crippen molar-refractivity contribution in [2.75, 3.05) is 6.61 Å². The first-order valence-corrected chi connectivity index (χ1v) is 7.31. The van der Waals surface area contributed by atoms with Crippen LogP contribution in [0.3, 0.4) is 0 Å². The number of aromatic hydroxyl groups is 1. The van der Waals surface area contributed by atoms with Crippen LogP contribution in [-0.4, -0.2) is 29.6 Å². The van der Waals surface area contributed by atoms with E-state index in [1.807, 2.05) is 13.8 Å². The number of para-hydroxylation sites is 1. The lowest BCUT2D eigenvalue weighted by atomic mass is 10.1. The van der Waals surface area contributed by atoms with Crippen LogP contribution in [0.25, 0.3) is 0 Å². The van der Waals surface area contributed by atoms with E-state index in [4.69, 9.17) is 4.74 Å². The van der Waals surface area contributed by atoms with Crippen molar-refractivity contribution in [2.45, 2.75) is 45.6 Å². The Morgan fingerprint density at radius 3 is 2.62 bits per heavy atom. The van der Waals surface area contributed by atoms with E-state index in [-0.39, 0.29) is 18.1 Å². The van der Waals surface area contributed by atoms with Gasteiger partial charge in [0.2, 0.25) is 5.91 Å². The zero-order chi connectivity index (χ0) is 15.7. The molecular formula is C16H23NO4. The van der Waals surface area contributed by atoms with E-state index in [2.05, 4.69) is 5.32 Å². The van der Waals surface area contributed by atoms with Gasteiger partial charge < -0.3 is 15.2 Å². The van der Waals surface area contributed by atoms with E-state index < -0.39 is 12.0 Å². The van der Waals surface area contributed by atoms with Gasteiger partial charge in [-0.05, 0) is 18.9 Å². The topological polar surface area (TPSA) is 75.6 Å². The number of carbonyl (C=O) groups excluding carboxylic acids is 2. The van der Waals surface area contributed by atoms with Gasteiger partial charge in [-0.1, -0.05) is 38.5 Å². The maximum absolute atomic E-state index is 11.9. The fourth-order valence-electron chi connectivity index (χ4n) is 1.82. The molecule has 0 aliphatic carbocycles. The third-order valence-corrected chi connectivity index (χ3v) is 3.11. The fraction of sp³-hybridized carbons (Fsp3) is 0.500. The van der Waals surface area contributed by atoms with Gasteiger partial charge >= 0.3 is 5.97 Å². The predicted octanol–water partition coefficient (Wildman–Crippen LogP) is 2.17. The number of rotatable bonds is 8.